The summed E-state index contributed by atoms with van der Waals surface area (Å²) in [4.78, 5) is 19.6. The van der Waals surface area contributed by atoms with Crippen molar-refractivity contribution in [3.63, 3.8) is 0 Å². The Hall–Kier alpha value is -2.02. The minimum absolute atomic E-state index is 0.00363. The molecule has 1 heterocycles. The van der Waals surface area contributed by atoms with E-state index in [1.165, 1.54) is 13.1 Å². The van der Waals surface area contributed by atoms with Crippen LogP contribution < -0.4 is 9.80 Å². The lowest BCUT2D eigenvalue weighted by Gasteiger charge is -2.21. The van der Waals surface area contributed by atoms with Gasteiger partial charge in [0.1, 0.15) is 17.5 Å². The fraction of sp³-hybridized carbons (Fsp3) is 0.200. The molecule has 22 heavy (non-hydrogen) atoms. The second-order valence-electron chi connectivity index (χ2n) is 4.88. The van der Waals surface area contributed by atoms with Crippen LogP contribution in [-0.2, 0) is 0 Å². The summed E-state index contributed by atoms with van der Waals surface area (Å²) in [5.41, 5.74) is 0.307. The van der Waals surface area contributed by atoms with Crippen molar-refractivity contribution in [2.45, 2.75) is 0 Å². The van der Waals surface area contributed by atoms with Crippen molar-refractivity contribution in [2.24, 2.45) is 0 Å². The van der Waals surface area contributed by atoms with Gasteiger partial charge in [0.15, 0.2) is 0 Å². The van der Waals surface area contributed by atoms with Crippen LogP contribution in [0.3, 0.4) is 0 Å². The Morgan fingerprint density at radius 2 is 1.86 bits per heavy atom. The molecule has 0 spiro atoms. The molecule has 0 aliphatic heterocycles. The highest BCUT2D eigenvalue weighted by atomic mass is 79.9. The number of nitrogens with zero attached hydrogens (tertiary/aromatic N) is 3. The minimum Gasteiger partial charge on any atom is -0.362 e. The van der Waals surface area contributed by atoms with Crippen LogP contribution >= 0.6 is 15.9 Å². The summed E-state index contributed by atoms with van der Waals surface area (Å²) in [6, 6.07) is 4.69. The molecule has 1 aromatic carbocycles. The maximum absolute atomic E-state index is 13.8. The van der Waals surface area contributed by atoms with Crippen LogP contribution in [0, 0.1) is 11.6 Å². The summed E-state index contributed by atoms with van der Waals surface area (Å²) in [6.45, 7) is 0. The van der Waals surface area contributed by atoms with Gasteiger partial charge in [-0.05, 0) is 34.1 Å². The van der Waals surface area contributed by atoms with Gasteiger partial charge in [-0.15, -0.1) is 0 Å². The van der Waals surface area contributed by atoms with Crippen LogP contribution in [0.1, 0.15) is 10.4 Å². The molecule has 0 saturated heterocycles. The lowest BCUT2D eigenvalue weighted by Crippen LogP contribution is -2.29. The van der Waals surface area contributed by atoms with E-state index in [4.69, 9.17) is 0 Å². The summed E-state index contributed by atoms with van der Waals surface area (Å²) >= 11 is 3.27. The first-order valence-corrected chi connectivity index (χ1v) is 7.16. The fourth-order valence-electron chi connectivity index (χ4n) is 1.99. The molecule has 0 saturated carbocycles. The van der Waals surface area contributed by atoms with Gasteiger partial charge in [0, 0.05) is 37.9 Å². The quantitative estimate of drug-likeness (QED) is 0.830. The highest BCUT2D eigenvalue weighted by Crippen LogP contribution is 2.25. The van der Waals surface area contributed by atoms with Gasteiger partial charge < -0.3 is 9.80 Å². The Kier molecular flexibility index (Phi) is 4.75. The summed E-state index contributed by atoms with van der Waals surface area (Å²) < 4.78 is 27.5. The molecule has 4 nitrogen and oxygen atoms in total. The van der Waals surface area contributed by atoms with Crippen molar-refractivity contribution in [3.8, 4) is 0 Å². The maximum Gasteiger partial charge on any atom is 0.261 e. The van der Waals surface area contributed by atoms with Gasteiger partial charge in [-0.2, -0.15) is 0 Å². The molecule has 116 valence electrons. The summed E-state index contributed by atoms with van der Waals surface area (Å²) in [5.74, 6) is -1.48. The molecule has 0 bridgehead atoms. The van der Waals surface area contributed by atoms with Crippen LogP contribution in [0.4, 0.5) is 20.3 Å². The third-order valence-electron chi connectivity index (χ3n) is 3.06. The van der Waals surface area contributed by atoms with Crippen LogP contribution in [0.25, 0.3) is 0 Å². The number of benzene rings is 1. The number of carbonyl (C=O) groups excluding carboxylic acids is 1. The van der Waals surface area contributed by atoms with Crippen LogP contribution in [0.2, 0.25) is 0 Å². The third kappa shape index (κ3) is 3.24. The predicted octanol–water partition coefficient (Wildman–Crippen LogP) is 3.46. The standard InChI is InChI=1S/C15H14BrF2N3O/c1-20(2)14-11(6-9(16)8-19-14)15(22)21(3)13-5-4-10(17)7-12(13)18/h4-8H,1-3H3. The van der Waals surface area contributed by atoms with Gasteiger partial charge in [-0.3, -0.25) is 4.79 Å². The maximum atomic E-state index is 13.8. The van der Waals surface area contributed by atoms with E-state index in [-0.39, 0.29) is 5.69 Å². The summed E-state index contributed by atoms with van der Waals surface area (Å²) in [7, 11) is 4.94. The van der Waals surface area contributed by atoms with Crippen LogP contribution in [0.15, 0.2) is 34.9 Å². The van der Waals surface area contributed by atoms with E-state index < -0.39 is 17.5 Å². The number of aromatic nitrogens is 1. The predicted molar refractivity (Wildman–Crippen MR) is 85.4 cm³/mol. The third-order valence-corrected chi connectivity index (χ3v) is 3.50. The average Bonchev–Trinajstić information content (AvgIpc) is 2.45. The minimum atomic E-state index is -0.801. The molecule has 7 heteroatoms. The topological polar surface area (TPSA) is 36.4 Å². The molecule has 0 fully saturated rings. The van der Waals surface area contributed by atoms with E-state index in [0.717, 1.165) is 17.0 Å². The van der Waals surface area contributed by atoms with E-state index in [9.17, 15) is 13.6 Å². The number of rotatable bonds is 3. The van der Waals surface area contributed by atoms with Gasteiger partial charge in [0.05, 0.1) is 11.3 Å². The van der Waals surface area contributed by atoms with Gasteiger partial charge in [0.25, 0.3) is 5.91 Å². The van der Waals surface area contributed by atoms with Crippen molar-refractivity contribution in [3.05, 3.63) is 52.1 Å². The van der Waals surface area contributed by atoms with Gasteiger partial charge in [-0.25, -0.2) is 13.8 Å². The van der Waals surface area contributed by atoms with E-state index >= 15 is 0 Å². The number of carbonyl (C=O) groups is 1. The van der Waals surface area contributed by atoms with Crippen molar-refractivity contribution >= 4 is 33.3 Å². The van der Waals surface area contributed by atoms with Gasteiger partial charge in [-0.1, -0.05) is 0 Å². The Morgan fingerprint density at radius 1 is 1.18 bits per heavy atom. The zero-order valence-corrected chi connectivity index (χ0v) is 13.9. The molecule has 0 aliphatic rings. The Labute approximate surface area is 135 Å². The molecule has 2 aromatic rings. The molecule has 2 rings (SSSR count). The number of hydrogen-bond donors (Lipinski definition) is 0. The van der Waals surface area contributed by atoms with E-state index in [1.807, 2.05) is 0 Å². The number of hydrogen-bond acceptors (Lipinski definition) is 3. The van der Waals surface area contributed by atoms with Crippen molar-refractivity contribution < 1.29 is 13.6 Å². The van der Waals surface area contributed by atoms with Gasteiger partial charge >= 0.3 is 0 Å². The molecular weight excluding hydrogens is 356 g/mol. The first-order chi connectivity index (χ1) is 10.3. The lowest BCUT2D eigenvalue weighted by molar-refractivity contribution is 0.0992. The Bertz CT molecular complexity index is 722. The highest BCUT2D eigenvalue weighted by molar-refractivity contribution is 9.10. The average molecular weight is 370 g/mol. The smallest absolute Gasteiger partial charge is 0.261 e. The highest BCUT2D eigenvalue weighted by Gasteiger charge is 2.22. The van der Waals surface area contributed by atoms with E-state index in [1.54, 1.807) is 31.3 Å². The van der Waals surface area contributed by atoms with Gasteiger partial charge in [0.2, 0.25) is 0 Å². The molecule has 0 aliphatic carbocycles. The molecule has 0 radical (unpaired) electrons. The summed E-state index contributed by atoms with van der Waals surface area (Å²) in [5, 5.41) is 0. The van der Waals surface area contributed by atoms with Crippen LogP contribution in [-0.4, -0.2) is 32.0 Å². The fourth-order valence-corrected chi connectivity index (χ4v) is 2.32. The molecular formula is C15H14BrF2N3O. The normalized spacial score (nSPS) is 10.5. The second kappa shape index (κ2) is 6.39. The van der Waals surface area contributed by atoms with Crippen molar-refractivity contribution in [1.82, 2.24) is 4.98 Å². The zero-order chi connectivity index (χ0) is 16.4. The zero-order valence-electron chi connectivity index (χ0n) is 12.3. The molecule has 0 N–H and O–H groups in total. The van der Waals surface area contributed by atoms with Crippen molar-refractivity contribution in [2.75, 3.05) is 30.9 Å². The largest absolute Gasteiger partial charge is 0.362 e. The number of amides is 1. The monoisotopic (exact) mass is 369 g/mol. The van der Waals surface area contributed by atoms with E-state index in [0.29, 0.717) is 15.9 Å². The number of halogens is 3. The first-order valence-electron chi connectivity index (χ1n) is 6.37. The first kappa shape index (κ1) is 16.4. The van der Waals surface area contributed by atoms with Crippen molar-refractivity contribution in [1.29, 1.82) is 0 Å². The lowest BCUT2D eigenvalue weighted by atomic mass is 10.2. The summed E-state index contributed by atoms with van der Waals surface area (Å²) in [6.07, 6.45) is 1.57. The molecule has 1 amide bonds. The van der Waals surface area contributed by atoms with Crippen LogP contribution in [0.5, 0.6) is 0 Å². The Morgan fingerprint density at radius 3 is 2.45 bits per heavy atom. The number of anilines is 2. The Balaban J connectivity index is 2.45. The number of pyridine rings is 1. The molecule has 0 unspecified atom stereocenters. The molecule has 0 atom stereocenters. The van der Waals surface area contributed by atoms with E-state index in [2.05, 4.69) is 20.9 Å². The SMILES string of the molecule is CN(C)c1ncc(Br)cc1C(=O)N(C)c1ccc(F)cc1F. The second-order valence-corrected chi connectivity index (χ2v) is 5.79. The molecule has 1 aromatic heterocycles.